The highest BCUT2D eigenvalue weighted by Crippen LogP contribution is 2.35. The van der Waals surface area contributed by atoms with Crippen molar-refractivity contribution in [1.82, 2.24) is 4.98 Å². The van der Waals surface area contributed by atoms with E-state index in [9.17, 15) is 0 Å². The Morgan fingerprint density at radius 3 is 1.59 bits per heavy atom. The van der Waals surface area contributed by atoms with Gasteiger partial charge in [0.05, 0.1) is 34.2 Å². The zero-order valence-corrected chi connectivity index (χ0v) is 25.9. The first-order valence-electron chi connectivity index (χ1n) is 15.1. The highest BCUT2D eigenvalue weighted by molar-refractivity contribution is 6.02. The first-order chi connectivity index (χ1) is 18.7. The van der Waals surface area contributed by atoms with Crippen LogP contribution in [-0.4, -0.2) is 16.4 Å². The molecule has 0 amide bonds. The molecule has 1 aromatic heterocycles. The molecule has 0 aliphatic carbocycles. The van der Waals surface area contributed by atoms with Crippen LogP contribution in [0.3, 0.4) is 0 Å². The predicted octanol–water partition coefficient (Wildman–Crippen LogP) is 10.4. The second-order valence-electron chi connectivity index (χ2n) is 11.2. The molecule has 2 aromatic carbocycles. The standard InChI is InChI=1S/C36H49N3/c1-10-15-29-20-24(5)21-30(16-11-2)35(29)37-27(8)33-18-14-19-34(39-33)28(9)38-36-31(17-12-3)22-25(6)23-32(36)26(7)13-4/h14,18-23,26H,10-13,15-17H2,1-9H3. The van der Waals surface area contributed by atoms with Crippen molar-refractivity contribution in [3.05, 3.63) is 87.2 Å². The average molecular weight is 524 g/mol. The van der Waals surface area contributed by atoms with Crippen LogP contribution in [0.15, 0.2) is 52.4 Å². The van der Waals surface area contributed by atoms with E-state index in [1.165, 1.54) is 33.4 Å². The molecule has 0 aliphatic heterocycles. The first kappa shape index (κ1) is 30.5. The van der Waals surface area contributed by atoms with Crippen LogP contribution < -0.4 is 0 Å². The minimum atomic E-state index is 0.463. The summed E-state index contributed by atoms with van der Waals surface area (Å²) in [5.74, 6) is 0.463. The van der Waals surface area contributed by atoms with Gasteiger partial charge in [0.2, 0.25) is 0 Å². The fourth-order valence-electron chi connectivity index (χ4n) is 5.36. The molecule has 0 bridgehead atoms. The number of pyridine rings is 1. The Morgan fingerprint density at radius 1 is 0.692 bits per heavy atom. The molecule has 39 heavy (non-hydrogen) atoms. The van der Waals surface area contributed by atoms with Crippen LogP contribution >= 0.6 is 0 Å². The van der Waals surface area contributed by atoms with Crippen LogP contribution in [0, 0.1) is 13.8 Å². The summed E-state index contributed by atoms with van der Waals surface area (Å²) in [6, 6.07) is 15.5. The Hall–Kier alpha value is -3.07. The number of aryl methyl sites for hydroxylation is 5. The lowest BCUT2D eigenvalue weighted by Gasteiger charge is -2.18. The van der Waals surface area contributed by atoms with Crippen LogP contribution in [0.1, 0.15) is 125 Å². The van der Waals surface area contributed by atoms with E-state index in [0.717, 1.165) is 79.1 Å². The topological polar surface area (TPSA) is 37.6 Å². The molecule has 0 spiro atoms. The average Bonchev–Trinajstić information content (AvgIpc) is 2.91. The zero-order valence-electron chi connectivity index (χ0n) is 25.9. The number of aromatic nitrogens is 1. The summed E-state index contributed by atoms with van der Waals surface area (Å²) in [4.78, 5) is 15.5. The second-order valence-corrected chi connectivity index (χ2v) is 11.2. The van der Waals surface area contributed by atoms with Gasteiger partial charge >= 0.3 is 0 Å². The number of aliphatic imine (C=N–C) groups is 2. The van der Waals surface area contributed by atoms with E-state index in [1.54, 1.807) is 0 Å². The van der Waals surface area contributed by atoms with Crippen LogP contribution in [-0.2, 0) is 19.3 Å². The lowest BCUT2D eigenvalue weighted by Crippen LogP contribution is -2.06. The molecule has 3 rings (SSSR count). The Balaban J connectivity index is 2.08. The lowest BCUT2D eigenvalue weighted by molar-refractivity contribution is 0.731. The molecule has 3 nitrogen and oxygen atoms in total. The maximum Gasteiger partial charge on any atom is 0.0849 e. The third-order valence-corrected chi connectivity index (χ3v) is 7.53. The van der Waals surface area contributed by atoms with Crippen molar-refractivity contribution in [2.45, 2.75) is 113 Å². The van der Waals surface area contributed by atoms with Crippen molar-refractivity contribution in [2.24, 2.45) is 9.98 Å². The van der Waals surface area contributed by atoms with Crippen molar-refractivity contribution in [3.63, 3.8) is 0 Å². The van der Waals surface area contributed by atoms with Crippen molar-refractivity contribution in [3.8, 4) is 0 Å². The van der Waals surface area contributed by atoms with Crippen LogP contribution in [0.4, 0.5) is 11.4 Å². The van der Waals surface area contributed by atoms with Gasteiger partial charge in [-0.25, -0.2) is 4.98 Å². The van der Waals surface area contributed by atoms with E-state index in [0.29, 0.717) is 5.92 Å². The Kier molecular flexibility index (Phi) is 11.2. The number of hydrogen-bond donors (Lipinski definition) is 0. The molecule has 0 saturated heterocycles. The van der Waals surface area contributed by atoms with Gasteiger partial charge in [0.25, 0.3) is 0 Å². The highest BCUT2D eigenvalue weighted by Gasteiger charge is 2.16. The third-order valence-electron chi connectivity index (χ3n) is 7.53. The fraction of sp³-hybridized carbons (Fsp3) is 0.472. The van der Waals surface area contributed by atoms with E-state index < -0.39 is 0 Å². The Morgan fingerprint density at radius 2 is 1.13 bits per heavy atom. The molecule has 208 valence electrons. The monoisotopic (exact) mass is 523 g/mol. The normalized spacial score (nSPS) is 13.2. The van der Waals surface area contributed by atoms with Crippen molar-refractivity contribution >= 4 is 22.8 Å². The van der Waals surface area contributed by atoms with Gasteiger partial charge in [0, 0.05) is 0 Å². The van der Waals surface area contributed by atoms with Gasteiger partial charge in [-0.15, -0.1) is 0 Å². The summed E-state index contributed by atoms with van der Waals surface area (Å²) in [7, 11) is 0. The summed E-state index contributed by atoms with van der Waals surface area (Å²) in [6.07, 6.45) is 7.53. The van der Waals surface area contributed by atoms with E-state index >= 15 is 0 Å². The molecule has 0 radical (unpaired) electrons. The lowest BCUT2D eigenvalue weighted by atomic mass is 9.91. The van der Waals surface area contributed by atoms with Gasteiger partial charge in [-0.1, -0.05) is 95.3 Å². The quantitative estimate of drug-likeness (QED) is 0.218. The summed E-state index contributed by atoms with van der Waals surface area (Å²) in [5, 5.41) is 0. The molecule has 3 heteroatoms. The molecule has 0 saturated carbocycles. The van der Waals surface area contributed by atoms with E-state index in [1.807, 2.05) is 0 Å². The minimum Gasteiger partial charge on any atom is -0.251 e. The molecular formula is C36H49N3. The van der Waals surface area contributed by atoms with Gasteiger partial charge in [0.15, 0.2) is 0 Å². The fourth-order valence-corrected chi connectivity index (χ4v) is 5.36. The van der Waals surface area contributed by atoms with Gasteiger partial charge in [-0.3, -0.25) is 9.98 Å². The minimum absolute atomic E-state index is 0.463. The zero-order chi connectivity index (χ0) is 28.5. The molecule has 0 aliphatic rings. The van der Waals surface area contributed by atoms with Gasteiger partial charge in [-0.2, -0.15) is 0 Å². The Labute approximate surface area is 237 Å². The number of hydrogen-bond acceptors (Lipinski definition) is 3. The summed E-state index contributed by atoms with van der Waals surface area (Å²) in [6.45, 7) is 19.9. The molecule has 1 unspecified atom stereocenters. The summed E-state index contributed by atoms with van der Waals surface area (Å²) >= 11 is 0. The molecular weight excluding hydrogens is 474 g/mol. The van der Waals surface area contributed by atoms with Crippen LogP contribution in [0.5, 0.6) is 0 Å². The van der Waals surface area contributed by atoms with Crippen molar-refractivity contribution in [1.29, 1.82) is 0 Å². The maximum absolute atomic E-state index is 5.24. The second kappa shape index (κ2) is 14.4. The summed E-state index contributed by atoms with van der Waals surface area (Å²) < 4.78 is 0. The van der Waals surface area contributed by atoms with E-state index in [2.05, 4.69) is 105 Å². The molecule has 0 fully saturated rings. The smallest absolute Gasteiger partial charge is 0.0849 e. The molecule has 3 aromatic rings. The van der Waals surface area contributed by atoms with E-state index in [-0.39, 0.29) is 0 Å². The van der Waals surface area contributed by atoms with Gasteiger partial charge < -0.3 is 0 Å². The number of nitrogens with zero attached hydrogens (tertiary/aromatic N) is 3. The van der Waals surface area contributed by atoms with Crippen LogP contribution in [0.25, 0.3) is 0 Å². The van der Waals surface area contributed by atoms with Crippen molar-refractivity contribution < 1.29 is 0 Å². The number of rotatable bonds is 12. The first-order valence-corrected chi connectivity index (χ1v) is 15.1. The summed E-state index contributed by atoms with van der Waals surface area (Å²) in [5.41, 5.74) is 14.0. The van der Waals surface area contributed by atoms with E-state index in [4.69, 9.17) is 15.0 Å². The van der Waals surface area contributed by atoms with Gasteiger partial charge in [-0.05, 0) is 93.7 Å². The van der Waals surface area contributed by atoms with Gasteiger partial charge in [0.1, 0.15) is 0 Å². The molecule has 1 atom stereocenters. The SMILES string of the molecule is CCCc1cc(C)cc(CCC)c1N=C(C)c1cccc(C(C)=Nc2c(CCC)cc(C)cc2C(C)CC)n1. The van der Waals surface area contributed by atoms with Crippen LogP contribution in [0.2, 0.25) is 0 Å². The molecule has 1 heterocycles. The number of benzene rings is 2. The third kappa shape index (κ3) is 7.75. The van der Waals surface area contributed by atoms with Crippen molar-refractivity contribution in [2.75, 3.05) is 0 Å². The largest absolute Gasteiger partial charge is 0.251 e. The molecule has 0 N–H and O–H groups in total. The highest BCUT2D eigenvalue weighted by atomic mass is 14.8. The maximum atomic E-state index is 5.24. The predicted molar refractivity (Wildman–Crippen MR) is 171 cm³/mol. The Bertz CT molecular complexity index is 1300.